The quantitative estimate of drug-likeness (QED) is 0.914. The van der Waals surface area contributed by atoms with Gasteiger partial charge in [-0.15, -0.1) is 0 Å². The predicted octanol–water partition coefficient (Wildman–Crippen LogP) is 3.14. The highest BCUT2D eigenvalue weighted by Gasteiger charge is 2.41. The van der Waals surface area contributed by atoms with Gasteiger partial charge in [0.25, 0.3) is 0 Å². The van der Waals surface area contributed by atoms with Crippen LogP contribution >= 0.6 is 0 Å². The highest BCUT2D eigenvalue weighted by molar-refractivity contribution is 5.31. The van der Waals surface area contributed by atoms with Crippen molar-refractivity contribution in [2.45, 2.75) is 56.8 Å². The first-order valence-corrected chi connectivity index (χ1v) is 7.67. The minimum absolute atomic E-state index is 0.237. The second kappa shape index (κ2) is 5.95. The molecule has 1 aromatic carbocycles. The van der Waals surface area contributed by atoms with Crippen molar-refractivity contribution < 1.29 is 4.74 Å². The molecule has 106 valence electrons. The van der Waals surface area contributed by atoms with Crippen molar-refractivity contribution in [3.05, 3.63) is 35.4 Å². The summed E-state index contributed by atoms with van der Waals surface area (Å²) in [7, 11) is 0. The van der Waals surface area contributed by atoms with E-state index < -0.39 is 0 Å². The van der Waals surface area contributed by atoms with Gasteiger partial charge < -0.3 is 10.1 Å². The Hall–Kier alpha value is -1.37. The third-order valence-electron chi connectivity index (χ3n) is 4.64. The lowest BCUT2D eigenvalue weighted by Gasteiger charge is -2.23. The summed E-state index contributed by atoms with van der Waals surface area (Å²) in [4.78, 5) is 0. The molecular formula is C17H22N2O. The number of benzene rings is 1. The highest BCUT2D eigenvalue weighted by Crippen LogP contribution is 2.43. The van der Waals surface area contributed by atoms with Crippen LogP contribution in [0.2, 0.25) is 0 Å². The second-order valence-electron chi connectivity index (χ2n) is 6.11. The summed E-state index contributed by atoms with van der Waals surface area (Å²) in [5.41, 5.74) is 2.18. The van der Waals surface area contributed by atoms with Crippen LogP contribution in [0.5, 0.6) is 0 Å². The van der Waals surface area contributed by atoms with Crippen molar-refractivity contribution in [3.63, 3.8) is 0 Å². The molecule has 0 amide bonds. The first-order valence-electron chi connectivity index (χ1n) is 7.67. The van der Waals surface area contributed by atoms with Crippen LogP contribution in [0.25, 0.3) is 0 Å². The van der Waals surface area contributed by atoms with Gasteiger partial charge in [0.2, 0.25) is 0 Å². The van der Waals surface area contributed by atoms with Gasteiger partial charge in [0, 0.05) is 13.1 Å². The third kappa shape index (κ3) is 3.03. The molecule has 2 fully saturated rings. The lowest BCUT2D eigenvalue weighted by Crippen LogP contribution is -2.30. The van der Waals surface area contributed by atoms with Gasteiger partial charge in [-0.1, -0.05) is 25.0 Å². The number of hydrogen-bond acceptors (Lipinski definition) is 3. The summed E-state index contributed by atoms with van der Waals surface area (Å²) in [5, 5.41) is 12.2. The van der Waals surface area contributed by atoms with Gasteiger partial charge in [0.15, 0.2) is 0 Å². The Kier molecular flexibility index (Phi) is 4.05. The van der Waals surface area contributed by atoms with Crippen molar-refractivity contribution in [2.75, 3.05) is 6.54 Å². The number of nitriles is 1. The van der Waals surface area contributed by atoms with Crippen molar-refractivity contribution in [1.82, 2.24) is 5.32 Å². The molecule has 0 radical (unpaired) electrons. The summed E-state index contributed by atoms with van der Waals surface area (Å²) in [6.07, 6.45) is 8.03. The molecule has 3 nitrogen and oxygen atoms in total. The molecule has 1 aromatic rings. The first-order chi connectivity index (χ1) is 9.80. The number of nitrogens with one attached hydrogen (secondary N) is 1. The molecule has 1 saturated carbocycles. The topological polar surface area (TPSA) is 45.0 Å². The lowest BCUT2D eigenvalue weighted by molar-refractivity contribution is -0.0351. The Morgan fingerprint density at radius 2 is 1.95 bits per heavy atom. The summed E-state index contributed by atoms with van der Waals surface area (Å²) < 4.78 is 6.28. The van der Waals surface area contributed by atoms with E-state index in [-0.39, 0.29) is 5.60 Å². The maximum absolute atomic E-state index is 8.77. The average molecular weight is 270 g/mol. The monoisotopic (exact) mass is 270 g/mol. The fourth-order valence-corrected chi connectivity index (χ4v) is 3.50. The molecule has 1 aliphatic heterocycles. The van der Waals surface area contributed by atoms with Gasteiger partial charge in [-0.3, -0.25) is 0 Å². The molecule has 1 unspecified atom stereocenters. The second-order valence-corrected chi connectivity index (χ2v) is 6.11. The number of hydrogen-bond donors (Lipinski definition) is 1. The van der Waals surface area contributed by atoms with E-state index in [9.17, 15) is 0 Å². The van der Waals surface area contributed by atoms with Gasteiger partial charge in [0.05, 0.1) is 23.3 Å². The highest BCUT2D eigenvalue weighted by atomic mass is 16.5. The zero-order valence-electron chi connectivity index (χ0n) is 11.9. The molecular weight excluding hydrogens is 248 g/mol. The van der Waals surface area contributed by atoms with Crippen LogP contribution in [0.1, 0.15) is 49.7 Å². The lowest BCUT2D eigenvalue weighted by atomic mass is 9.98. The van der Waals surface area contributed by atoms with Crippen molar-refractivity contribution >= 4 is 0 Å². The van der Waals surface area contributed by atoms with E-state index in [1.165, 1.54) is 44.1 Å². The van der Waals surface area contributed by atoms with E-state index in [1.54, 1.807) is 0 Å². The van der Waals surface area contributed by atoms with E-state index in [2.05, 4.69) is 11.4 Å². The van der Waals surface area contributed by atoms with Crippen molar-refractivity contribution in [2.24, 2.45) is 0 Å². The maximum atomic E-state index is 8.77. The fraction of sp³-hybridized carbons (Fsp3) is 0.588. The average Bonchev–Trinajstić information content (AvgIpc) is 3.10. The van der Waals surface area contributed by atoms with Crippen LogP contribution in [0, 0.1) is 11.3 Å². The number of ether oxygens (including phenoxy) is 1. The van der Waals surface area contributed by atoms with Gasteiger partial charge in [-0.2, -0.15) is 5.26 Å². The zero-order chi connectivity index (χ0) is 13.8. The smallest absolute Gasteiger partial charge is 0.0991 e. The largest absolute Gasteiger partial charge is 0.370 e. The van der Waals surface area contributed by atoms with Crippen LogP contribution in [0.3, 0.4) is 0 Å². The Bertz CT molecular complexity index is 483. The molecule has 3 heteroatoms. The van der Waals surface area contributed by atoms with Crippen LogP contribution in [0.15, 0.2) is 24.3 Å². The zero-order valence-corrected chi connectivity index (χ0v) is 11.9. The molecule has 1 atom stereocenters. The van der Waals surface area contributed by atoms with E-state index in [1.807, 2.05) is 24.3 Å². The fourth-order valence-electron chi connectivity index (χ4n) is 3.50. The van der Waals surface area contributed by atoms with Gasteiger partial charge >= 0.3 is 0 Å². The van der Waals surface area contributed by atoms with Crippen LogP contribution in [-0.2, 0) is 11.3 Å². The molecule has 1 aliphatic carbocycles. The third-order valence-corrected chi connectivity index (χ3v) is 4.64. The van der Waals surface area contributed by atoms with Crippen LogP contribution < -0.4 is 5.32 Å². The van der Waals surface area contributed by atoms with Gasteiger partial charge in [-0.25, -0.2) is 0 Å². The van der Waals surface area contributed by atoms with E-state index >= 15 is 0 Å². The van der Waals surface area contributed by atoms with Gasteiger partial charge in [-0.05, 0) is 43.4 Å². The normalized spacial score (nSPS) is 24.1. The molecule has 2 aliphatic rings. The van der Waals surface area contributed by atoms with E-state index in [0.29, 0.717) is 6.10 Å². The van der Waals surface area contributed by atoms with E-state index in [4.69, 9.17) is 10.00 Å². The van der Waals surface area contributed by atoms with Gasteiger partial charge in [0.1, 0.15) is 0 Å². The molecule has 1 spiro atoms. The number of nitrogens with zero attached hydrogens (tertiary/aromatic N) is 1. The van der Waals surface area contributed by atoms with E-state index in [0.717, 1.165) is 18.7 Å². The SMILES string of the molecule is N#Cc1ccc(CNCC2CCC3(CCCC3)O2)cc1. The standard InChI is InChI=1S/C17H22N2O/c18-11-14-3-5-15(6-4-14)12-19-13-16-7-10-17(20-16)8-1-2-9-17/h3-6,16,19H,1-2,7-10,12-13H2. The van der Waals surface area contributed by atoms with Crippen molar-refractivity contribution in [3.8, 4) is 6.07 Å². The molecule has 0 bridgehead atoms. The molecule has 1 saturated heterocycles. The Labute approximate surface area is 120 Å². The minimum atomic E-state index is 0.237. The van der Waals surface area contributed by atoms with Crippen LogP contribution in [-0.4, -0.2) is 18.2 Å². The molecule has 1 heterocycles. The summed E-state index contributed by atoms with van der Waals surface area (Å²) in [6, 6.07) is 9.91. The molecule has 1 N–H and O–H groups in total. The number of rotatable bonds is 4. The molecule has 20 heavy (non-hydrogen) atoms. The predicted molar refractivity (Wildman–Crippen MR) is 78.2 cm³/mol. The maximum Gasteiger partial charge on any atom is 0.0991 e. The Morgan fingerprint density at radius 3 is 2.65 bits per heavy atom. The molecule has 3 rings (SSSR count). The summed E-state index contributed by atoms with van der Waals surface area (Å²) in [6.45, 7) is 1.78. The van der Waals surface area contributed by atoms with Crippen molar-refractivity contribution in [1.29, 1.82) is 5.26 Å². The van der Waals surface area contributed by atoms with Crippen LogP contribution in [0.4, 0.5) is 0 Å². The molecule has 0 aromatic heterocycles. The summed E-state index contributed by atoms with van der Waals surface area (Å²) >= 11 is 0. The minimum Gasteiger partial charge on any atom is -0.370 e. The Morgan fingerprint density at radius 1 is 1.20 bits per heavy atom. The summed E-state index contributed by atoms with van der Waals surface area (Å²) in [5.74, 6) is 0. The Balaban J connectivity index is 1.43. The first kappa shape index (κ1) is 13.6.